The molecule has 2 aromatic rings. The van der Waals surface area contributed by atoms with E-state index in [1.165, 1.54) is 0 Å². The van der Waals surface area contributed by atoms with Crippen molar-refractivity contribution in [3.8, 4) is 5.75 Å². The summed E-state index contributed by atoms with van der Waals surface area (Å²) in [5.41, 5.74) is 2.28. The summed E-state index contributed by atoms with van der Waals surface area (Å²) in [5, 5.41) is 3.31. The number of ether oxygens (including phenoxy) is 2. The predicted molar refractivity (Wildman–Crippen MR) is 87.4 cm³/mol. The Bertz CT molecular complexity index is 626. The van der Waals surface area contributed by atoms with Gasteiger partial charge in [-0.15, -0.1) is 0 Å². The first-order chi connectivity index (χ1) is 10.9. The maximum absolute atomic E-state index is 5.73. The second-order valence-electron chi connectivity index (χ2n) is 5.03. The Morgan fingerprint density at radius 3 is 2.59 bits per heavy atom. The molecular weight excluding hydrogens is 276 g/mol. The number of benzene rings is 2. The topological polar surface area (TPSA) is 42.9 Å². The molecule has 0 bridgehead atoms. The van der Waals surface area contributed by atoms with Gasteiger partial charge in [0.25, 0.3) is 0 Å². The molecule has 4 heteroatoms. The number of hydrogen-bond donors (Lipinski definition) is 1. The number of amidine groups is 1. The average molecular weight is 296 g/mol. The van der Waals surface area contributed by atoms with Crippen LogP contribution < -0.4 is 10.1 Å². The molecule has 0 fully saturated rings. The maximum atomic E-state index is 5.73. The number of nitrogens with one attached hydrogen (secondary N) is 1. The Labute approximate surface area is 130 Å². The van der Waals surface area contributed by atoms with Gasteiger partial charge in [0.2, 0.25) is 0 Å². The molecule has 0 aromatic heterocycles. The number of hydrogen-bond acceptors (Lipinski definition) is 4. The quantitative estimate of drug-likeness (QED) is 0.799. The van der Waals surface area contributed by atoms with Crippen LogP contribution in [0.15, 0.2) is 59.6 Å². The Hall–Kier alpha value is -2.33. The van der Waals surface area contributed by atoms with Gasteiger partial charge in [-0.25, -0.2) is 0 Å². The summed E-state index contributed by atoms with van der Waals surface area (Å²) in [5.74, 6) is 1.84. The zero-order chi connectivity index (χ0) is 15.0. The third-order valence-corrected chi connectivity index (χ3v) is 3.44. The van der Waals surface area contributed by atoms with E-state index in [0.29, 0.717) is 19.8 Å². The van der Waals surface area contributed by atoms with E-state index < -0.39 is 0 Å². The molecule has 0 aliphatic carbocycles. The summed E-state index contributed by atoms with van der Waals surface area (Å²) in [6.45, 7) is 3.43. The van der Waals surface area contributed by atoms with Crippen LogP contribution in [0.3, 0.4) is 0 Å². The minimum absolute atomic E-state index is 0.547. The Kier molecular flexibility index (Phi) is 5.05. The first kappa shape index (κ1) is 14.6. The van der Waals surface area contributed by atoms with Crippen molar-refractivity contribution in [2.24, 2.45) is 4.99 Å². The van der Waals surface area contributed by atoms with Crippen LogP contribution in [-0.2, 0) is 11.3 Å². The molecule has 114 valence electrons. The van der Waals surface area contributed by atoms with E-state index in [1.54, 1.807) is 0 Å². The van der Waals surface area contributed by atoms with Crippen LogP contribution in [0.1, 0.15) is 11.1 Å². The van der Waals surface area contributed by atoms with Crippen molar-refractivity contribution in [3.63, 3.8) is 0 Å². The predicted octanol–water partition coefficient (Wildman–Crippen LogP) is 2.63. The van der Waals surface area contributed by atoms with Crippen LogP contribution in [-0.4, -0.2) is 32.1 Å². The monoisotopic (exact) mass is 296 g/mol. The molecule has 4 nitrogen and oxygen atoms in total. The summed E-state index contributed by atoms with van der Waals surface area (Å²) in [4.78, 5) is 4.48. The Morgan fingerprint density at radius 1 is 0.955 bits per heavy atom. The zero-order valence-corrected chi connectivity index (χ0v) is 12.5. The van der Waals surface area contributed by atoms with Gasteiger partial charge in [-0.05, 0) is 17.7 Å². The summed E-state index contributed by atoms with van der Waals surface area (Å²) >= 11 is 0. The lowest BCUT2D eigenvalue weighted by molar-refractivity contribution is 0.0888. The van der Waals surface area contributed by atoms with Crippen molar-refractivity contribution in [2.75, 3.05) is 26.3 Å². The lowest BCUT2D eigenvalue weighted by Crippen LogP contribution is -2.21. The highest BCUT2D eigenvalue weighted by Crippen LogP contribution is 2.12. The number of nitrogens with zero attached hydrogens (tertiary/aromatic N) is 1. The highest BCUT2D eigenvalue weighted by atomic mass is 16.5. The normalized spacial score (nSPS) is 13.5. The fourth-order valence-corrected chi connectivity index (χ4v) is 2.37. The summed E-state index contributed by atoms with van der Waals surface area (Å²) in [6.07, 6.45) is 0. The minimum Gasteiger partial charge on any atom is -0.491 e. The fourth-order valence-electron chi connectivity index (χ4n) is 2.37. The molecule has 0 atom stereocenters. The molecule has 1 N–H and O–H groups in total. The van der Waals surface area contributed by atoms with E-state index in [2.05, 4.69) is 22.4 Å². The van der Waals surface area contributed by atoms with Crippen LogP contribution in [0.5, 0.6) is 5.75 Å². The number of aliphatic imine (C=N–C) groups is 1. The van der Waals surface area contributed by atoms with Gasteiger partial charge in [0, 0.05) is 12.1 Å². The van der Waals surface area contributed by atoms with E-state index >= 15 is 0 Å². The second-order valence-corrected chi connectivity index (χ2v) is 5.03. The lowest BCUT2D eigenvalue weighted by atomic mass is 10.1. The second kappa shape index (κ2) is 7.61. The third kappa shape index (κ3) is 3.86. The molecule has 0 spiro atoms. The van der Waals surface area contributed by atoms with E-state index in [-0.39, 0.29) is 0 Å². The molecule has 1 aliphatic heterocycles. The van der Waals surface area contributed by atoms with Gasteiger partial charge in [-0.3, -0.25) is 4.99 Å². The molecule has 1 aliphatic rings. The van der Waals surface area contributed by atoms with Crippen molar-refractivity contribution in [2.45, 2.75) is 6.61 Å². The molecular formula is C18H20N2O2. The summed E-state index contributed by atoms with van der Waals surface area (Å²) in [6, 6.07) is 18.0. The van der Waals surface area contributed by atoms with E-state index in [9.17, 15) is 0 Å². The van der Waals surface area contributed by atoms with Gasteiger partial charge in [-0.1, -0.05) is 42.5 Å². The molecule has 3 rings (SSSR count). The summed E-state index contributed by atoms with van der Waals surface area (Å²) in [7, 11) is 0. The van der Waals surface area contributed by atoms with Crippen LogP contribution in [0.4, 0.5) is 0 Å². The molecule has 0 amide bonds. The lowest BCUT2D eigenvalue weighted by Gasteiger charge is -2.11. The smallest absolute Gasteiger partial charge is 0.128 e. The Balaban J connectivity index is 1.48. The van der Waals surface area contributed by atoms with Gasteiger partial charge in [0.05, 0.1) is 19.8 Å². The van der Waals surface area contributed by atoms with Crippen LogP contribution in [0, 0.1) is 0 Å². The fraction of sp³-hybridized carbons (Fsp3) is 0.278. The van der Waals surface area contributed by atoms with Crippen molar-refractivity contribution in [1.29, 1.82) is 0 Å². The zero-order valence-electron chi connectivity index (χ0n) is 12.5. The van der Waals surface area contributed by atoms with Crippen molar-refractivity contribution in [1.82, 2.24) is 5.32 Å². The first-order valence-corrected chi connectivity index (χ1v) is 7.56. The molecule has 0 radical (unpaired) electrons. The van der Waals surface area contributed by atoms with E-state index in [4.69, 9.17) is 9.47 Å². The molecule has 0 unspecified atom stereocenters. The molecule has 22 heavy (non-hydrogen) atoms. The average Bonchev–Trinajstić information content (AvgIpc) is 3.10. The molecule has 2 aromatic carbocycles. The largest absolute Gasteiger partial charge is 0.491 e. The molecule has 0 saturated heterocycles. The third-order valence-electron chi connectivity index (χ3n) is 3.44. The molecule has 0 saturated carbocycles. The minimum atomic E-state index is 0.547. The number of para-hydroxylation sites is 1. The van der Waals surface area contributed by atoms with Crippen molar-refractivity contribution < 1.29 is 9.47 Å². The highest BCUT2D eigenvalue weighted by molar-refractivity contribution is 6.00. The standard InChI is InChI=1S/C18H20N2O2/c1-2-7-16(8-3-1)22-13-12-21-14-15-6-4-5-9-17(15)18-19-10-11-20-18/h1-9H,10-14H2,(H,19,20). The van der Waals surface area contributed by atoms with E-state index in [1.807, 2.05) is 42.5 Å². The maximum Gasteiger partial charge on any atom is 0.128 e. The number of rotatable bonds is 7. The first-order valence-electron chi connectivity index (χ1n) is 7.56. The van der Waals surface area contributed by atoms with Crippen LogP contribution >= 0.6 is 0 Å². The Morgan fingerprint density at radius 2 is 1.77 bits per heavy atom. The van der Waals surface area contributed by atoms with Gasteiger partial charge in [0.15, 0.2) is 0 Å². The van der Waals surface area contributed by atoms with Crippen molar-refractivity contribution >= 4 is 5.84 Å². The van der Waals surface area contributed by atoms with Crippen LogP contribution in [0.2, 0.25) is 0 Å². The van der Waals surface area contributed by atoms with E-state index in [0.717, 1.165) is 35.8 Å². The van der Waals surface area contributed by atoms with Gasteiger partial charge >= 0.3 is 0 Å². The van der Waals surface area contributed by atoms with Gasteiger partial charge < -0.3 is 14.8 Å². The van der Waals surface area contributed by atoms with Gasteiger partial charge in [-0.2, -0.15) is 0 Å². The highest BCUT2D eigenvalue weighted by Gasteiger charge is 2.11. The summed E-state index contributed by atoms with van der Waals surface area (Å²) < 4.78 is 11.3. The SMILES string of the molecule is c1ccc(OCCOCc2ccccc2C2=NCCN2)cc1. The molecule has 1 heterocycles. The van der Waals surface area contributed by atoms with Gasteiger partial charge in [0.1, 0.15) is 18.2 Å². The van der Waals surface area contributed by atoms with Crippen molar-refractivity contribution in [3.05, 3.63) is 65.7 Å². The van der Waals surface area contributed by atoms with Crippen LogP contribution in [0.25, 0.3) is 0 Å².